The van der Waals surface area contributed by atoms with Gasteiger partial charge in [0.15, 0.2) is 0 Å². The van der Waals surface area contributed by atoms with E-state index >= 15 is 0 Å². The number of anilines is 1. The van der Waals surface area contributed by atoms with Gasteiger partial charge in [-0.15, -0.1) is 10.2 Å². The molecule has 1 aromatic carbocycles. The van der Waals surface area contributed by atoms with Crippen LogP contribution >= 0.6 is 11.3 Å². The van der Waals surface area contributed by atoms with Gasteiger partial charge < -0.3 is 19.4 Å². The van der Waals surface area contributed by atoms with Gasteiger partial charge in [-0.05, 0) is 48.6 Å². The van der Waals surface area contributed by atoms with Crippen molar-refractivity contribution >= 4 is 23.1 Å². The largest absolute Gasteiger partial charge is 0.497 e. The minimum Gasteiger partial charge on any atom is -0.497 e. The molecule has 0 aliphatic carbocycles. The summed E-state index contributed by atoms with van der Waals surface area (Å²) in [5.74, 6) is 2.17. The lowest BCUT2D eigenvalue weighted by molar-refractivity contribution is 0.190. The van der Waals surface area contributed by atoms with Crippen molar-refractivity contribution in [1.82, 2.24) is 15.1 Å². The van der Waals surface area contributed by atoms with Gasteiger partial charge in [-0.2, -0.15) is 11.3 Å². The minimum atomic E-state index is -0.0943. The first-order chi connectivity index (χ1) is 13.2. The average Bonchev–Trinajstić information content (AvgIpc) is 3.40. The molecule has 1 N–H and O–H groups in total. The summed E-state index contributed by atoms with van der Waals surface area (Å²) in [7, 11) is 1.62. The van der Waals surface area contributed by atoms with Gasteiger partial charge in [0.25, 0.3) is 0 Å². The van der Waals surface area contributed by atoms with E-state index in [4.69, 9.17) is 9.15 Å². The molecule has 0 bridgehead atoms. The van der Waals surface area contributed by atoms with Crippen LogP contribution in [0.15, 0.2) is 45.5 Å². The number of thiophene rings is 1. The molecule has 3 aromatic rings. The van der Waals surface area contributed by atoms with Crippen molar-refractivity contribution in [3.8, 4) is 17.2 Å². The standard InChI is InChI=1S/C19H20N4O3S/c1-25-16-4-2-15(3-5-16)20-19(24)23-9-6-13(7-10-23)17-21-22-18(26-17)14-8-11-27-12-14/h2-5,8,11-13H,6-7,9-10H2,1H3,(H,20,24). The van der Waals surface area contributed by atoms with E-state index in [1.165, 1.54) is 0 Å². The molecule has 27 heavy (non-hydrogen) atoms. The Hall–Kier alpha value is -2.87. The van der Waals surface area contributed by atoms with Gasteiger partial charge in [0.05, 0.1) is 7.11 Å². The molecule has 7 nitrogen and oxygen atoms in total. The summed E-state index contributed by atoms with van der Waals surface area (Å²) in [4.78, 5) is 14.3. The number of hydrogen-bond acceptors (Lipinski definition) is 6. The lowest BCUT2D eigenvalue weighted by Crippen LogP contribution is -2.40. The van der Waals surface area contributed by atoms with Crippen molar-refractivity contribution in [2.75, 3.05) is 25.5 Å². The number of methoxy groups -OCH3 is 1. The van der Waals surface area contributed by atoms with E-state index in [-0.39, 0.29) is 11.9 Å². The molecule has 140 valence electrons. The highest BCUT2D eigenvalue weighted by Crippen LogP contribution is 2.30. The Labute approximate surface area is 161 Å². The monoisotopic (exact) mass is 384 g/mol. The van der Waals surface area contributed by atoms with E-state index in [0.29, 0.717) is 24.9 Å². The fraction of sp³-hybridized carbons (Fsp3) is 0.316. The molecule has 0 spiro atoms. The van der Waals surface area contributed by atoms with E-state index in [2.05, 4.69) is 15.5 Å². The number of aromatic nitrogens is 2. The number of likely N-dealkylation sites (tertiary alicyclic amines) is 1. The number of piperidine rings is 1. The topological polar surface area (TPSA) is 80.5 Å². The van der Waals surface area contributed by atoms with E-state index in [1.54, 1.807) is 18.4 Å². The van der Waals surface area contributed by atoms with E-state index in [9.17, 15) is 4.79 Å². The van der Waals surface area contributed by atoms with Gasteiger partial charge in [-0.3, -0.25) is 0 Å². The summed E-state index contributed by atoms with van der Waals surface area (Å²) in [5.41, 5.74) is 1.70. The molecule has 0 saturated carbocycles. The van der Waals surface area contributed by atoms with Crippen LogP contribution in [0.4, 0.5) is 10.5 Å². The molecule has 1 saturated heterocycles. The van der Waals surface area contributed by atoms with Crippen molar-refractivity contribution in [1.29, 1.82) is 0 Å². The highest BCUT2D eigenvalue weighted by Gasteiger charge is 2.27. The van der Waals surface area contributed by atoms with Crippen LogP contribution in [-0.4, -0.2) is 41.3 Å². The summed E-state index contributed by atoms with van der Waals surface area (Å²) in [6.07, 6.45) is 1.61. The minimum absolute atomic E-state index is 0.0943. The van der Waals surface area contributed by atoms with Crippen molar-refractivity contribution < 1.29 is 13.9 Å². The number of carbonyl (C=O) groups excluding carboxylic acids is 1. The Morgan fingerprint density at radius 3 is 2.67 bits per heavy atom. The molecule has 3 heterocycles. The second-order valence-corrected chi connectivity index (χ2v) is 7.16. The lowest BCUT2D eigenvalue weighted by Gasteiger charge is -2.30. The van der Waals surface area contributed by atoms with Gasteiger partial charge in [-0.1, -0.05) is 0 Å². The van der Waals surface area contributed by atoms with Crippen LogP contribution in [0, 0.1) is 0 Å². The Morgan fingerprint density at radius 2 is 2.00 bits per heavy atom. The summed E-state index contributed by atoms with van der Waals surface area (Å²) in [6.45, 7) is 1.31. The highest BCUT2D eigenvalue weighted by atomic mass is 32.1. The van der Waals surface area contributed by atoms with Crippen LogP contribution in [0.2, 0.25) is 0 Å². The van der Waals surface area contributed by atoms with Gasteiger partial charge in [0, 0.05) is 35.6 Å². The van der Waals surface area contributed by atoms with Gasteiger partial charge in [0.2, 0.25) is 11.8 Å². The fourth-order valence-corrected chi connectivity index (χ4v) is 3.74. The third-order valence-corrected chi connectivity index (χ3v) is 5.36. The number of rotatable bonds is 4. The second-order valence-electron chi connectivity index (χ2n) is 6.38. The first-order valence-corrected chi connectivity index (χ1v) is 9.73. The van der Waals surface area contributed by atoms with E-state index in [0.717, 1.165) is 29.8 Å². The molecule has 0 unspecified atom stereocenters. The van der Waals surface area contributed by atoms with Crippen molar-refractivity contribution in [3.63, 3.8) is 0 Å². The predicted octanol–water partition coefficient (Wildman–Crippen LogP) is 4.22. The van der Waals surface area contributed by atoms with Gasteiger partial charge >= 0.3 is 6.03 Å². The summed E-state index contributed by atoms with van der Waals surface area (Å²) < 4.78 is 11.0. The average molecular weight is 384 g/mol. The smallest absolute Gasteiger partial charge is 0.321 e. The number of ether oxygens (including phenoxy) is 1. The van der Waals surface area contributed by atoms with Crippen LogP contribution in [0.5, 0.6) is 5.75 Å². The number of urea groups is 1. The first-order valence-electron chi connectivity index (χ1n) is 8.79. The van der Waals surface area contributed by atoms with Crippen LogP contribution in [0.25, 0.3) is 11.5 Å². The molecule has 1 aliphatic heterocycles. The first kappa shape index (κ1) is 17.5. The number of carbonyl (C=O) groups is 1. The molecule has 0 radical (unpaired) electrons. The fourth-order valence-electron chi connectivity index (χ4n) is 3.11. The molecular weight excluding hydrogens is 364 g/mol. The van der Waals surface area contributed by atoms with Gasteiger partial charge in [0.1, 0.15) is 5.75 Å². The number of benzene rings is 1. The quantitative estimate of drug-likeness (QED) is 0.728. The maximum absolute atomic E-state index is 12.5. The third-order valence-electron chi connectivity index (χ3n) is 4.68. The summed E-state index contributed by atoms with van der Waals surface area (Å²) in [5, 5.41) is 15.2. The second kappa shape index (κ2) is 7.79. The molecule has 0 atom stereocenters. The van der Waals surface area contributed by atoms with Crippen molar-refractivity contribution in [2.24, 2.45) is 0 Å². The molecule has 4 rings (SSSR count). The molecule has 1 fully saturated rings. The zero-order chi connectivity index (χ0) is 18.6. The number of amides is 2. The van der Waals surface area contributed by atoms with Crippen molar-refractivity contribution in [3.05, 3.63) is 47.0 Å². The molecule has 8 heteroatoms. The van der Waals surface area contributed by atoms with E-state index < -0.39 is 0 Å². The zero-order valence-corrected chi connectivity index (χ0v) is 15.7. The molecule has 1 aliphatic rings. The zero-order valence-electron chi connectivity index (χ0n) is 14.9. The maximum atomic E-state index is 12.5. The third kappa shape index (κ3) is 3.95. The van der Waals surface area contributed by atoms with Crippen molar-refractivity contribution in [2.45, 2.75) is 18.8 Å². The lowest BCUT2D eigenvalue weighted by atomic mass is 9.97. The molecule has 2 amide bonds. The Balaban J connectivity index is 1.32. The maximum Gasteiger partial charge on any atom is 0.321 e. The summed E-state index contributed by atoms with van der Waals surface area (Å²) in [6, 6.07) is 9.17. The predicted molar refractivity (Wildman–Crippen MR) is 103 cm³/mol. The van der Waals surface area contributed by atoms with Crippen LogP contribution in [0.1, 0.15) is 24.7 Å². The SMILES string of the molecule is COc1ccc(NC(=O)N2CCC(c3nnc(-c4ccsc4)o3)CC2)cc1. The normalized spacial score (nSPS) is 14.9. The molecule has 2 aromatic heterocycles. The number of nitrogens with one attached hydrogen (secondary N) is 1. The number of nitrogens with zero attached hydrogens (tertiary/aromatic N) is 3. The number of hydrogen-bond donors (Lipinski definition) is 1. The van der Waals surface area contributed by atoms with Crippen LogP contribution < -0.4 is 10.1 Å². The van der Waals surface area contributed by atoms with E-state index in [1.807, 2.05) is 46.0 Å². The Bertz CT molecular complexity index is 884. The van der Waals surface area contributed by atoms with Crippen LogP contribution in [0.3, 0.4) is 0 Å². The summed E-state index contributed by atoms with van der Waals surface area (Å²) >= 11 is 1.60. The Morgan fingerprint density at radius 1 is 1.22 bits per heavy atom. The van der Waals surface area contributed by atoms with Crippen LogP contribution in [-0.2, 0) is 0 Å². The molecular formula is C19H20N4O3S. The Kier molecular flexibility index (Phi) is 5.06. The highest BCUT2D eigenvalue weighted by molar-refractivity contribution is 7.08. The van der Waals surface area contributed by atoms with Gasteiger partial charge in [-0.25, -0.2) is 4.79 Å².